The number of hydrogen-bond acceptors (Lipinski definition) is 4. The molecule has 4 nitrogen and oxygen atoms in total. The van der Waals surface area contributed by atoms with Crippen molar-refractivity contribution in [1.29, 1.82) is 0 Å². The normalized spacial score (nSPS) is 24.2. The zero-order valence-electron chi connectivity index (χ0n) is 11.4. The van der Waals surface area contributed by atoms with Crippen molar-refractivity contribution in [2.24, 2.45) is 5.73 Å². The highest BCUT2D eigenvalue weighted by molar-refractivity contribution is 5.43. The van der Waals surface area contributed by atoms with Gasteiger partial charge in [-0.25, -0.2) is 0 Å². The third-order valence-corrected chi connectivity index (χ3v) is 3.90. The van der Waals surface area contributed by atoms with Gasteiger partial charge in [0.05, 0.1) is 14.2 Å². The summed E-state index contributed by atoms with van der Waals surface area (Å²) < 4.78 is 10.7. The molecule has 0 radical (unpaired) electrons. The SMILES string of the molecule is COc1cc(OC)cc(C2(CN)CCN(C)C2)c1. The Balaban J connectivity index is 2.41. The number of nitrogens with two attached hydrogens (primary N) is 1. The van der Waals surface area contributed by atoms with Crippen LogP contribution in [0.5, 0.6) is 11.5 Å². The van der Waals surface area contributed by atoms with E-state index >= 15 is 0 Å². The Morgan fingerprint density at radius 1 is 1.22 bits per heavy atom. The summed E-state index contributed by atoms with van der Waals surface area (Å²) in [6.07, 6.45) is 1.08. The molecule has 18 heavy (non-hydrogen) atoms. The molecule has 1 aromatic carbocycles. The van der Waals surface area contributed by atoms with Crippen molar-refractivity contribution in [3.8, 4) is 11.5 Å². The van der Waals surface area contributed by atoms with E-state index in [0.717, 1.165) is 31.0 Å². The molecule has 4 heteroatoms. The van der Waals surface area contributed by atoms with E-state index in [4.69, 9.17) is 15.2 Å². The molecule has 2 rings (SSSR count). The number of rotatable bonds is 4. The van der Waals surface area contributed by atoms with Gasteiger partial charge in [0, 0.05) is 24.6 Å². The summed E-state index contributed by atoms with van der Waals surface area (Å²) in [4.78, 5) is 2.32. The molecule has 1 unspecified atom stereocenters. The van der Waals surface area contributed by atoms with Crippen molar-refractivity contribution in [2.75, 3.05) is 40.9 Å². The Labute approximate surface area is 109 Å². The van der Waals surface area contributed by atoms with Gasteiger partial charge in [-0.05, 0) is 37.7 Å². The van der Waals surface area contributed by atoms with Crippen LogP contribution in [0.1, 0.15) is 12.0 Å². The quantitative estimate of drug-likeness (QED) is 0.873. The molecule has 1 heterocycles. The van der Waals surface area contributed by atoms with Crippen LogP contribution in [0.2, 0.25) is 0 Å². The summed E-state index contributed by atoms with van der Waals surface area (Å²) >= 11 is 0. The highest BCUT2D eigenvalue weighted by atomic mass is 16.5. The predicted molar refractivity (Wildman–Crippen MR) is 72.4 cm³/mol. The fourth-order valence-corrected chi connectivity index (χ4v) is 2.71. The molecule has 0 saturated carbocycles. The van der Waals surface area contributed by atoms with Gasteiger partial charge < -0.3 is 20.1 Å². The number of likely N-dealkylation sites (tertiary alicyclic amines) is 1. The van der Waals surface area contributed by atoms with E-state index in [0.29, 0.717) is 6.54 Å². The number of likely N-dealkylation sites (N-methyl/N-ethyl adjacent to an activating group) is 1. The van der Waals surface area contributed by atoms with Gasteiger partial charge in [0.25, 0.3) is 0 Å². The average Bonchev–Trinajstić information content (AvgIpc) is 2.81. The molecule has 1 aliphatic rings. The van der Waals surface area contributed by atoms with E-state index in [9.17, 15) is 0 Å². The Bertz CT molecular complexity index is 400. The van der Waals surface area contributed by atoms with E-state index in [-0.39, 0.29) is 5.41 Å². The van der Waals surface area contributed by atoms with Crippen LogP contribution in [0.25, 0.3) is 0 Å². The topological polar surface area (TPSA) is 47.7 Å². The number of benzene rings is 1. The second-order valence-corrected chi connectivity index (χ2v) is 5.07. The molecule has 1 atom stereocenters. The monoisotopic (exact) mass is 250 g/mol. The number of ether oxygens (including phenoxy) is 2. The minimum absolute atomic E-state index is 0.0244. The Hall–Kier alpha value is -1.26. The molecule has 100 valence electrons. The van der Waals surface area contributed by atoms with Crippen LogP contribution in [0, 0.1) is 0 Å². The molecule has 0 bridgehead atoms. The molecule has 1 aromatic rings. The standard InChI is InChI=1S/C14H22N2O2/c1-16-5-4-14(9-15,10-16)11-6-12(17-2)8-13(7-11)18-3/h6-8H,4-5,9-10,15H2,1-3H3. The molecule has 1 saturated heterocycles. The van der Waals surface area contributed by atoms with Crippen LogP contribution in [-0.2, 0) is 5.41 Å². The second-order valence-electron chi connectivity index (χ2n) is 5.07. The lowest BCUT2D eigenvalue weighted by Gasteiger charge is -2.28. The predicted octanol–water partition coefficient (Wildman–Crippen LogP) is 1.24. The van der Waals surface area contributed by atoms with Crippen LogP contribution < -0.4 is 15.2 Å². The molecular weight excluding hydrogens is 228 g/mol. The van der Waals surface area contributed by atoms with Crippen LogP contribution >= 0.6 is 0 Å². The lowest BCUT2D eigenvalue weighted by molar-refractivity contribution is 0.364. The summed E-state index contributed by atoms with van der Waals surface area (Å²) in [6.45, 7) is 2.71. The van der Waals surface area contributed by atoms with Crippen molar-refractivity contribution >= 4 is 0 Å². The van der Waals surface area contributed by atoms with E-state index < -0.39 is 0 Å². The van der Waals surface area contributed by atoms with Crippen molar-refractivity contribution in [3.63, 3.8) is 0 Å². The van der Waals surface area contributed by atoms with Gasteiger partial charge in [0.15, 0.2) is 0 Å². The Kier molecular flexibility index (Phi) is 3.78. The zero-order chi connectivity index (χ0) is 13.2. The first-order valence-electron chi connectivity index (χ1n) is 6.26. The Morgan fingerprint density at radius 2 is 1.83 bits per heavy atom. The molecule has 0 spiro atoms. The summed E-state index contributed by atoms with van der Waals surface area (Å²) in [5, 5.41) is 0. The molecule has 2 N–H and O–H groups in total. The Morgan fingerprint density at radius 3 is 2.22 bits per heavy atom. The fourth-order valence-electron chi connectivity index (χ4n) is 2.71. The van der Waals surface area contributed by atoms with Gasteiger partial charge >= 0.3 is 0 Å². The minimum atomic E-state index is 0.0244. The molecule has 0 aliphatic carbocycles. The van der Waals surface area contributed by atoms with E-state index in [1.54, 1.807) is 14.2 Å². The highest BCUT2D eigenvalue weighted by Gasteiger charge is 2.37. The molecule has 0 amide bonds. The van der Waals surface area contributed by atoms with Gasteiger partial charge in [-0.3, -0.25) is 0 Å². The van der Waals surface area contributed by atoms with E-state index in [1.165, 1.54) is 5.56 Å². The minimum Gasteiger partial charge on any atom is -0.497 e. The van der Waals surface area contributed by atoms with Gasteiger partial charge in [-0.1, -0.05) is 0 Å². The largest absolute Gasteiger partial charge is 0.497 e. The highest BCUT2D eigenvalue weighted by Crippen LogP contribution is 2.37. The maximum absolute atomic E-state index is 6.04. The number of methoxy groups -OCH3 is 2. The third kappa shape index (κ3) is 2.31. The lowest BCUT2D eigenvalue weighted by atomic mass is 9.79. The number of nitrogens with zero attached hydrogens (tertiary/aromatic N) is 1. The van der Waals surface area contributed by atoms with Crippen molar-refractivity contribution in [2.45, 2.75) is 11.8 Å². The van der Waals surface area contributed by atoms with Crippen LogP contribution in [-0.4, -0.2) is 45.8 Å². The van der Waals surface area contributed by atoms with Gasteiger partial charge in [0.1, 0.15) is 11.5 Å². The first-order chi connectivity index (χ1) is 8.63. The smallest absolute Gasteiger partial charge is 0.122 e. The molecule has 1 fully saturated rings. The van der Waals surface area contributed by atoms with Crippen LogP contribution in [0.4, 0.5) is 0 Å². The van der Waals surface area contributed by atoms with E-state index in [1.807, 2.05) is 6.07 Å². The molecule has 0 aromatic heterocycles. The summed E-state index contributed by atoms with van der Waals surface area (Å²) in [7, 11) is 5.48. The van der Waals surface area contributed by atoms with Gasteiger partial charge in [-0.15, -0.1) is 0 Å². The van der Waals surface area contributed by atoms with Crippen molar-refractivity contribution in [1.82, 2.24) is 4.90 Å². The van der Waals surface area contributed by atoms with E-state index in [2.05, 4.69) is 24.1 Å². The number of hydrogen-bond donors (Lipinski definition) is 1. The molecular formula is C14H22N2O2. The van der Waals surface area contributed by atoms with Crippen molar-refractivity contribution < 1.29 is 9.47 Å². The maximum atomic E-state index is 6.04. The lowest BCUT2D eigenvalue weighted by Crippen LogP contribution is -2.37. The maximum Gasteiger partial charge on any atom is 0.122 e. The van der Waals surface area contributed by atoms with Crippen LogP contribution in [0.15, 0.2) is 18.2 Å². The van der Waals surface area contributed by atoms with Crippen LogP contribution in [0.3, 0.4) is 0 Å². The summed E-state index contributed by atoms with van der Waals surface area (Å²) in [6, 6.07) is 6.05. The zero-order valence-corrected chi connectivity index (χ0v) is 11.4. The summed E-state index contributed by atoms with van der Waals surface area (Å²) in [5.41, 5.74) is 7.28. The van der Waals surface area contributed by atoms with Gasteiger partial charge in [0.2, 0.25) is 0 Å². The first-order valence-corrected chi connectivity index (χ1v) is 6.26. The van der Waals surface area contributed by atoms with Crippen molar-refractivity contribution in [3.05, 3.63) is 23.8 Å². The first kappa shape index (κ1) is 13.2. The van der Waals surface area contributed by atoms with Gasteiger partial charge in [-0.2, -0.15) is 0 Å². The average molecular weight is 250 g/mol. The molecule has 1 aliphatic heterocycles. The second kappa shape index (κ2) is 5.16. The third-order valence-electron chi connectivity index (χ3n) is 3.90. The fraction of sp³-hybridized carbons (Fsp3) is 0.571. The summed E-state index contributed by atoms with van der Waals surface area (Å²) in [5.74, 6) is 1.65.